The molecule has 4 heteroatoms. The number of hydrogen-bond acceptors (Lipinski definition) is 3. The lowest BCUT2D eigenvalue weighted by molar-refractivity contribution is 0.542. The van der Waals surface area contributed by atoms with Crippen molar-refractivity contribution in [1.82, 2.24) is 5.32 Å². The van der Waals surface area contributed by atoms with E-state index in [1.54, 1.807) is 0 Å². The van der Waals surface area contributed by atoms with Gasteiger partial charge in [0.15, 0.2) is 9.84 Å². The summed E-state index contributed by atoms with van der Waals surface area (Å²) >= 11 is 0. The van der Waals surface area contributed by atoms with Gasteiger partial charge in [-0.05, 0) is 25.3 Å². The second-order valence-corrected chi connectivity index (χ2v) is 6.74. The highest BCUT2D eigenvalue weighted by Gasteiger charge is 2.08. The van der Waals surface area contributed by atoms with Crippen molar-refractivity contribution in [2.24, 2.45) is 5.92 Å². The summed E-state index contributed by atoms with van der Waals surface area (Å²) < 4.78 is 22.9. The fraction of sp³-hybridized carbons (Fsp3) is 1.00. The van der Waals surface area contributed by atoms with Crippen LogP contribution in [-0.2, 0) is 9.84 Å². The fourth-order valence-corrected chi connectivity index (χ4v) is 2.60. The molecule has 0 aliphatic heterocycles. The summed E-state index contributed by atoms with van der Waals surface area (Å²) in [6.45, 7) is 7.86. The van der Waals surface area contributed by atoms with Crippen LogP contribution in [0.3, 0.4) is 0 Å². The van der Waals surface area contributed by atoms with E-state index in [0.29, 0.717) is 18.2 Å². The molecule has 0 heterocycles. The minimum absolute atomic E-state index is 0.283. The van der Waals surface area contributed by atoms with Crippen molar-refractivity contribution in [2.75, 3.05) is 24.6 Å². The highest BCUT2D eigenvalue weighted by atomic mass is 32.2. The third kappa shape index (κ3) is 10.2. The van der Waals surface area contributed by atoms with Gasteiger partial charge in [0.05, 0.1) is 11.5 Å². The van der Waals surface area contributed by atoms with Crippen molar-refractivity contribution >= 4 is 9.84 Å². The molecule has 0 aromatic heterocycles. The van der Waals surface area contributed by atoms with E-state index in [0.717, 1.165) is 25.8 Å². The van der Waals surface area contributed by atoms with Crippen molar-refractivity contribution in [3.63, 3.8) is 0 Å². The van der Waals surface area contributed by atoms with Crippen LogP contribution in [0, 0.1) is 5.92 Å². The van der Waals surface area contributed by atoms with E-state index in [1.165, 1.54) is 0 Å². The van der Waals surface area contributed by atoms with Crippen molar-refractivity contribution < 1.29 is 8.42 Å². The van der Waals surface area contributed by atoms with Gasteiger partial charge in [0.1, 0.15) is 0 Å². The fourth-order valence-electron chi connectivity index (χ4n) is 1.21. The van der Waals surface area contributed by atoms with Gasteiger partial charge in [-0.3, -0.25) is 0 Å². The van der Waals surface area contributed by atoms with Gasteiger partial charge in [-0.25, -0.2) is 8.42 Å². The summed E-state index contributed by atoms with van der Waals surface area (Å²) in [7, 11) is -2.81. The van der Waals surface area contributed by atoms with Crippen molar-refractivity contribution in [3.05, 3.63) is 0 Å². The minimum atomic E-state index is -2.81. The van der Waals surface area contributed by atoms with Crippen LogP contribution in [0.2, 0.25) is 0 Å². The Morgan fingerprint density at radius 3 is 2.33 bits per heavy atom. The van der Waals surface area contributed by atoms with E-state index >= 15 is 0 Å². The SMILES string of the molecule is CCCCS(=O)(=O)CCNCCC(C)C. The van der Waals surface area contributed by atoms with Gasteiger partial charge >= 0.3 is 0 Å². The molecule has 0 rings (SSSR count). The van der Waals surface area contributed by atoms with E-state index in [9.17, 15) is 8.42 Å². The van der Waals surface area contributed by atoms with Crippen molar-refractivity contribution in [3.8, 4) is 0 Å². The highest BCUT2D eigenvalue weighted by Crippen LogP contribution is 1.98. The highest BCUT2D eigenvalue weighted by molar-refractivity contribution is 7.91. The van der Waals surface area contributed by atoms with E-state index in [-0.39, 0.29) is 5.75 Å². The molecule has 0 atom stereocenters. The van der Waals surface area contributed by atoms with Crippen LogP contribution in [0.1, 0.15) is 40.0 Å². The largest absolute Gasteiger partial charge is 0.316 e. The Kier molecular flexibility index (Phi) is 8.06. The zero-order valence-corrected chi connectivity index (χ0v) is 11.1. The topological polar surface area (TPSA) is 46.2 Å². The van der Waals surface area contributed by atoms with Gasteiger partial charge in [-0.15, -0.1) is 0 Å². The molecule has 0 unspecified atom stereocenters. The number of unbranched alkanes of at least 4 members (excludes halogenated alkanes) is 1. The summed E-state index contributed by atoms with van der Waals surface area (Å²) in [5, 5.41) is 3.17. The number of rotatable bonds is 9. The first-order valence-electron chi connectivity index (χ1n) is 5.89. The Morgan fingerprint density at radius 2 is 1.80 bits per heavy atom. The van der Waals surface area contributed by atoms with Gasteiger partial charge in [0.25, 0.3) is 0 Å². The third-order valence-electron chi connectivity index (χ3n) is 2.30. The van der Waals surface area contributed by atoms with Gasteiger partial charge in [-0.1, -0.05) is 27.2 Å². The summed E-state index contributed by atoms with van der Waals surface area (Å²) in [4.78, 5) is 0. The lowest BCUT2D eigenvalue weighted by atomic mass is 10.1. The average molecular weight is 235 g/mol. The summed E-state index contributed by atoms with van der Waals surface area (Å²) in [6.07, 6.45) is 2.84. The maximum absolute atomic E-state index is 11.4. The Labute approximate surface area is 94.6 Å². The van der Waals surface area contributed by atoms with Crippen LogP contribution in [0.4, 0.5) is 0 Å². The van der Waals surface area contributed by atoms with E-state index in [4.69, 9.17) is 0 Å². The van der Waals surface area contributed by atoms with E-state index < -0.39 is 9.84 Å². The molecule has 0 aliphatic rings. The van der Waals surface area contributed by atoms with E-state index in [2.05, 4.69) is 19.2 Å². The second kappa shape index (κ2) is 8.11. The summed E-state index contributed by atoms with van der Waals surface area (Å²) in [5.74, 6) is 1.30. The van der Waals surface area contributed by atoms with Gasteiger partial charge in [-0.2, -0.15) is 0 Å². The number of nitrogens with one attached hydrogen (secondary N) is 1. The molecule has 15 heavy (non-hydrogen) atoms. The summed E-state index contributed by atoms with van der Waals surface area (Å²) in [6, 6.07) is 0. The van der Waals surface area contributed by atoms with Crippen LogP contribution in [0.5, 0.6) is 0 Å². The minimum Gasteiger partial charge on any atom is -0.316 e. The first-order valence-corrected chi connectivity index (χ1v) is 7.71. The predicted octanol–water partition coefficient (Wildman–Crippen LogP) is 1.84. The molecule has 0 aromatic carbocycles. The van der Waals surface area contributed by atoms with Gasteiger partial charge in [0, 0.05) is 6.54 Å². The Balaban J connectivity index is 3.49. The Bertz CT molecular complexity index is 235. The maximum atomic E-state index is 11.4. The Hall–Kier alpha value is -0.0900. The van der Waals surface area contributed by atoms with Crippen molar-refractivity contribution in [1.29, 1.82) is 0 Å². The third-order valence-corrected chi connectivity index (χ3v) is 4.03. The van der Waals surface area contributed by atoms with Crippen molar-refractivity contribution in [2.45, 2.75) is 40.0 Å². The molecule has 0 aliphatic carbocycles. The molecule has 0 aromatic rings. The molecule has 0 amide bonds. The second-order valence-electron chi connectivity index (χ2n) is 4.44. The van der Waals surface area contributed by atoms with E-state index in [1.807, 2.05) is 6.92 Å². The lowest BCUT2D eigenvalue weighted by Crippen LogP contribution is -2.25. The molecule has 1 N–H and O–H groups in total. The average Bonchev–Trinajstić information content (AvgIpc) is 2.14. The molecule has 0 bridgehead atoms. The van der Waals surface area contributed by atoms with Crippen LogP contribution in [0.15, 0.2) is 0 Å². The standard InChI is InChI=1S/C11H25NO2S/c1-4-5-9-15(13,14)10-8-12-7-6-11(2)3/h11-12H,4-10H2,1-3H3. The molecule has 3 nitrogen and oxygen atoms in total. The van der Waals surface area contributed by atoms with Crippen LogP contribution in [-0.4, -0.2) is 33.0 Å². The predicted molar refractivity (Wildman–Crippen MR) is 65.9 cm³/mol. The number of hydrogen-bond donors (Lipinski definition) is 1. The summed E-state index contributed by atoms with van der Waals surface area (Å²) in [5.41, 5.74) is 0. The molecule has 0 radical (unpaired) electrons. The molecule has 92 valence electrons. The monoisotopic (exact) mass is 235 g/mol. The smallest absolute Gasteiger partial charge is 0.151 e. The molecule has 0 saturated heterocycles. The first-order chi connectivity index (χ1) is 6.98. The number of sulfone groups is 1. The molecule has 0 fully saturated rings. The first kappa shape index (κ1) is 14.9. The van der Waals surface area contributed by atoms with Crippen LogP contribution >= 0.6 is 0 Å². The van der Waals surface area contributed by atoms with Gasteiger partial charge < -0.3 is 5.32 Å². The molecule has 0 saturated carbocycles. The van der Waals surface area contributed by atoms with Gasteiger partial charge in [0.2, 0.25) is 0 Å². The Morgan fingerprint density at radius 1 is 1.13 bits per heavy atom. The molecular weight excluding hydrogens is 210 g/mol. The lowest BCUT2D eigenvalue weighted by Gasteiger charge is -2.07. The quantitative estimate of drug-likeness (QED) is 0.620. The van der Waals surface area contributed by atoms with Crippen LogP contribution in [0.25, 0.3) is 0 Å². The maximum Gasteiger partial charge on any atom is 0.151 e. The van der Waals surface area contributed by atoms with Crippen LogP contribution < -0.4 is 5.32 Å². The zero-order chi connectivity index (χ0) is 11.7. The zero-order valence-electron chi connectivity index (χ0n) is 10.3. The normalized spacial score (nSPS) is 12.3. The molecule has 0 spiro atoms. The molecular formula is C11H25NO2S.